The van der Waals surface area contributed by atoms with Crippen molar-refractivity contribution in [1.29, 1.82) is 0 Å². The summed E-state index contributed by atoms with van der Waals surface area (Å²) in [5.74, 6) is -1.85. The Morgan fingerprint density at radius 3 is 2.03 bits per heavy atom. The second-order valence-electron chi connectivity index (χ2n) is 9.11. The van der Waals surface area contributed by atoms with Crippen LogP contribution in [-0.2, 0) is 19.1 Å². The number of nitrogens with one attached hydrogen (secondary N) is 1. The molecule has 0 heterocycles. The Morgan fingerprint density at radius 1 is 0.853 bits per heavy atom. The minimum absolute atomic E-state index is 0.131. The van der Waals surface area contributed by atoms with Gasteiger partial charge in [-0.05, 0) is 52.6 Å². The van der Waals surface area contributed by atoms with Crippen molar-refractivity contribution in [2.75, 3.05) is 27.2 Å². The summed E-state index contributed by atoms with van der Waals surface area (Å²) in [6.07, 6.45) is 22.4. The van der Waals surface area contributed by atoms with Gasteiger partial charge in [-0.15, -0.1) is 0 Å². The highest BCUT2D eigenvalue weighted by atomic mass is 16.5. The molecule has 1 amide bonds. The number of ether oxygens (including phenoxy) is 1. The molecular weight excluding hydrogens is 432 g/mol. The molecule has 0 fully saturated rings. The molecule has 0 saturated carbocycles. The molecule has 2 N–H and O–H groups in total. The Bertz CT molecular complexity index is 602. The Kier molecular flexibility index (Phi) is 21.2. The minimum atomic E-state index is -1.06. The Balaban J connectivity index is 3.73. The van der Waals surface area contributed by atoms with E-state index in [1.54, 1.807) is 19.0 Å². The Hall–Kier alpha value is -2.15. The van der Waals surface area contributed by atoms with Crippen LogP contribution in [-0.4, -0.2) is 61.1 Å². The van der Waals surface area contributed by atoms with Gasteiger partial charge in [0.05, 0.1) is 26.0 Å². The predicted octanol–water partition coefficient (Wildman–Crippen LogP) is 5.25. The summed E-state index contributed by atoms with van der Waals surface area (Å²) in [5, 5.41) is 11.6. The van der Waals surface area contributed by atoms with Crippen molar-refractivity contribution in [1.82, 2.24) is 10.2 Å². The first kappa shape index (κ1) is 31.9. The number of allylic oxidation sites excluding steroid dienone is 4. The molecule has 0 saturated heterocycles. The van der Waals surface area contributed by atoms with Crippen LogP contribution in [0.5, 0.6) is 0 Å². The fourth-order valence-electron chi connectivity index (χ4n) is 3.48. The first-order valence-corrected chi connectivity index (χ1v) is 13.0. The van der Waals surface area contributed by atoms with Gasteiger partial charge < -0.3 is 20.1 Å². The number of rotatable bonds is 22. The van der Waals surface area contributed by atoms with Gasteiger partial charge in [0, 0.05) is 6.04 Å². The summed E-state index contributed by atoms with van der Waals surface area (Å²) in [5.41, 5.74) is 0. The quantitative estimate of drug-likeness (QED) is 0.125. The van der Waals surface area contributed by atoms with E-state index in [2.05, 4.69) is 36.5 Å². The summed E-state index contributed by atoms with van der Waals surface area (Å²) in [7, 11) is 3.49. The van der Waals surface area contributed by atoms with E-state index in [0.717, 1.165) is 32.1 Å². The van der Waals surface area contributed by atoms with Crippen molar-refractivity contribution in [3.05, 3.63) is 24.3 Å². The fourth-order valence-corrected chi connectivity index (χ4v) is 3.48. The molecule has 0 spiro atoms. The van der Waals surface area contributed by atoms with Crippen LogP contribution in [0.1, 0.15) is 96.8 Å². The van der Waals surface area contributed by atoms with Crippen LogP contribution in [0.25, 0.3) is 0 Å². The van der Waals surface area contributed by atoms with Crippen LogP contribution >= 0.6 is 0 Å². The summed E-state index contributed by atoms with van der Waals surface area (Å²) < 4.78 is 5.23. The van der Waals surface area contributed by atoms with Gasteiger partial charge in [-0.1, -0.05) is 69.8 Å². The number of carbonyl (C=O) groups excluding carboxylic acids is 2. The summed E-state index contributed by atoms with van der Waals surface area (Å²) in [6.45, 7) is 2.70. The van der Waals surface area contributed by atoms with E-state index in [1.165, 1.54) is 44.9 Å². The molecule has 1 unspecified atom stereocenters. The van der Waals surface area contributed by atoms with Gasteiger partial charge in [0.15, 0.2) is 0 Å². The summed E-state index contributed by atoms with van der Waals surface area (Å²) >= 11 is 0. The highest BCUT2D eigenvalue weighted by Gasteiger charge is 2.20. The maximum atomic E-state index is 12.0. The topological polar surface area (TPSA) is 95.9 Å². The van der Waals surface area contributed by atoms with Crippen LogP contribution in [0.4, 0.5) is 0 Å². The van der Waals surface area contributed by atoms with Gasteiger partial charge in [-0.25, -0.2) is 0 Å². The number of aliphatic carboxylic acids is 1. The van der Waals surface area contributed by atoms with Gasteiger partial charge in [-0.3, -0.25) is 14.4 Å². The molecule has 0 radical (unpaired) electrons. The van der Waals surface area contributed by atoms with E-state index < -0.39 is 18.0 Å². The van der Waals surface area contributed by atoms with E-state index in [1.807, 2.05) is 0 Å². The zero-order valence-electron chi connectivity index (χ0n) is 21.7. The van der Waals surface area contributed by atoms with E-state index in [4.69, 9.17) is 9.84 Å². The molecule has 7 heteroatoms. The normalized spacial score (nSPS) is 12.5. The SMILES string of the molecule is CCCCC/C=C\C/C=C\CCCCCCCCOC(=O)CC(CC(=O)O)NC(=O)CN(C)C. The average molecular weight is 481 g/mol. The lowest BCUT2D eigenvalue weighted by Crippen LogP contribution is -2.42. The van der Waals surface area contributed by atoms with Crippen LogP contribution in [0, 0.1) is 0 Å². The molecule has 0 aliphatic carbocycles. The van der Waals surface area contributed by atoms with Crippen LogP contribution in [0.15, 0.2) is 24.3 Å². The standard InChI is InChI=1S/C27H48N2O5/c1-4-5-6-7-8-9-10-11-12-13-14-15-16-17-18-19-20-34-27(33)22-24(21-26(31)32)28-25(30)23-29(2)3/h8-9,11-12,24H,4-7,10,13-23H2,1-3H3,(H,28,30)(H,31,32)/b9-8-,12-11-. The molecule has 0 rings (SSSR count). The van der Waals surface area contributed by atoms with Crippen molar-refractivity contribution in [3.63, 3.8) is 0 Å². The minimum Gasteiger partial charge on any atom is -0.481 e. The highest BCUT2D eigenvalue weighted by Crippen LogP contribution is 2.09. The molecule has 0 aromatic heterocycles. The maximum absolute atomic E-state index is 12.0. The van der Waals surface area contributed by atoms with Crippen molar-refractivity contribution >= 4 is 17.8 Å². The van der Waals surface area contributed by atoms with E-state index in [0.29, 0.717) is 6.61 Å². The lowest BCUT2D eigenvalue weighted by Gasteiger charge is -2.18. The number of hydrogen-bond donors (Lipinski definition) is 2. The third kappa shape index (κ3) is 23.0. The molecule has 0 bridgehead atoms. The van der Waals surface area contributed by atoms with Crippen LogP contribution < -0.4 is 5.32 Å². The van der Waals surface area contributed by atoms with Crippen molar-refractivity contribution < 1.29 is 24.2 Å². The molecule has 7 nitrogen and oxygen atoms in total. The smallest absolute Gasteiger partial charge is 0.307 e. The Morgan fingerprint density at radius 2 is 1.44 bits per heavy atom. The van der Waals surface area contributed by atoms with Crippen LogP contribution in [0.2, 0.25) is 0 Å². The predicted molar refractivity (Wildman–Crippen MR) is 138 cm³/mol. The van der Waals surface area contributed by atoms with Gasteiger partial charge in [0.25, 0.3) is 0 Å². The molecule has 34 heavy (non-hydrogen) atoms. The molecule has 196 valence electrons. The number of carboxylic acids is 1. The first-order chi connectivity index (χ1) is 16.3. The molecule has 0 aromatic carbocycles. The molecule has 0 aliphatic heterocycles. The number of unbranched alkanes of at least 4 members (excludes halogenated alkanes) is 9. The number of amides is 1. The zero-order valence-corrected chi connectivity index (χ0v) is 21.7. The number of likely N-dealkylation sites (N-methyl/N-ethyl adjacent to an activating group) is 1. The van der Waals surface area contributed by atoms with Crippen molar-refractivity contribution in [2.45, 2.75) is 103 Å². The van der Waals surface area contributed by atoms with E-state index in [-0.39, 0.29) is 25.3 Å². The van der Waals surface area contributed by atoms with Gasteiger partial charge in [0.1, 0.15) is 0 Å². The van der Waals surface area contributed by atoms with Crippen molar-refractivity contribution in [3.8, 4) is 0 Å². The number of hydrogen-bond acceptors (Lipinski definition) is 5. The monoisotopic (exact) mass is 480 g/mol. The number of nitrogens with zero attached hydrogens (tertiary/aromatic N) is 1. The van der Waals surface area contributed by atoms with Gasteiger partial charge >= 0.3 is 11.9 Å². The maximum Gasteiger partial charge on any atom is 0.307 e. The molecule has 0 aliphatic rings. The highest BCUT2D eigenvalue weighted by molar-refractivity contribution is 5.80. The average Bonchev–Trinajstić information content (AvgIpc) is 2.74. The lowest BCUT2D eigenvalue weighted by atomic mass is 10.1. The first-order valence-electron chi connectivity index (χ1n) is 13.0. The van der Waals surface area contributed by atoms with Crippen molar-refractivity contribution in [2.24, 2.45) is 0 Å². The van der Waals surface area contributed by atoms with E-state index in [9.17, 15) is 14.4 Å². The zero-order chi connectivity index (χ0) is 25.4. The van der Waals surface area contributed by atoms with Gasteiger partial charge in [0.2, 0.25) is 5.91 Å². The number of carbonyl (C=O) groups is 3. The number of carboxylic acid groups (broad SMARTS) is 1. The molecule has 0 aromatic rings. The Labute approximate surface area is 207 Å². The lowest BCUT2D eigenvalue weighted by molar-refractivity contribution is -0.145. The fraction of sp³-hybridized carbons (Fsp3) is 0.741. The number of esters is 1. The van der Waals surface area contributed by atoms with Gasteiger partial charge in [-0.2, -0.15) is 0 Å². The third-order valence-electron chi connectivity index (χ3n) is 5.27. The second-order valence-corrected chi connectivity index (χ2v) is 9.11. The second kappa shape index (κ2) is 22.6. The third-order valence-corrected chi connectivity index (χ3v) is 5.27. The summed E-state index contributed by atoms with van der Waals surface area (Å²) in [6, 6.07) is -0.756. The molecular formula is C27H48N2O5. The summed E-state index contributed by atoms with van der Waals surface area (Å²) in [4.78, 5) is 36.5. The largest absolute Gasteiger partial charge is 0.481 e. The molecule has 1 atom stereocenters. The van der Waals surface area contributed by atoms with E-state index >= 15 is 0 Å². The van der Waals surface area contributed by atoms with Crippen LogP contribution in [0.3, 0.4) is 0 Å².